The highest BCUT2D eigenvalue weighted by atomic mass is 16.3. The summed E-state index contributed by atoms with van der Waals surface area (Å²) < 4.78 is 0. The van der Waals surface area contributed by atoms with Gasteiger partial charge in [-0.05, 0) is 32.0 Å². The third-order valence-corrected chi connectivity index (χ3v) is 3.29. The van der Waals surface area contributed by atoms with Crippen LogP contribution in [0, 0.1) is 0 Å². The molecule has 1 atom stereocenters. The van der Waals surface area contributed by atoms with Gasteiger partial charge in [-0.1, -0.05) is 0 Å². The highest BCUT2D eigenvalue weighted by Gasteiger charge is 2.30. The summed E-state index contributed by atoms with van der Waals surface area (Å²) in [7, 11) is 1.86. The number of phenols is 2. The van der Waals surface area contributed by atoms with Crippen molar-refractivity contribution in [2.24, 2.45) is 0 Å². The molecule has 2 rings (SSSR count). The van der Waals surface area contributed by atoms with Gasteiger partial charge in [0.1, 0.15) is 11.5 Å². The van der Waals surface area contributed by atoms with Gasteiger partial charge in [0.05, 0.1) is 5.56 Å². The Morgan fingerprint density at radius 1 is 1.50 bits per heavy atom. The van der Waals surface area contributed by atoms with E-state index in [1.165, 1.54) is 18.2 Å². The number of hydrogen-bond donors (Lipinski definition) is 3. The number of rotatable bonds is 3. The van der Waals surface area contributed by atoms with E-state index in [0.29, 0.717) is 6.54 Å². The van der Waals surface area contributed by atoms with Crippen LogP contribution in [0.3, 0.4) is 0 Å². The number of carbonyl (C=O) groups is 1. The van der Waals surface area contributed by atoms with Crippen molar-refractivity contribution in [2.75, 3.05) is 20.1 Å². The van der Waals surface area contributed by atoms with Gasteiger partial charge in [0.15, 0.2) is 0 Å². The van der Waals surface area contributed by atoms with Crippen molar-refractivity contribution in [3.05, 3.63) is 23.8 Å². The normalized spacial score (nSPS) is 19.2. The van der Waals surface area contributed by atoms with Crippen molar-refractivity contribution in [1.82, 2.24) is 10.2 Å². The quantitative estimate of drug-likeness (QED) is 0.746. The summed E-state index contributed by atoms with van der Waals surface area (Å²) in [6.07, 6.45) is 1.96. The first-order chi connectivity index (χ1) is 8.63. The predicted molar refractivity (Wildman–Crippen MR) is 67.8 cm³/mol. The zero-order valence-electron chi connectivity index (χ0n) is 10.4. The van der Waals surface area contributed by atoms with Crippen LogP contribution in [0.25, 0.3) is 0 Å². The molecular weight excluding hydrogens is 232 g/mol. The van der Waals surface area contributed by atoms with Crippen LogP contribution in [0.15, 0.2) is 18.2 Å². The number of phenolic OH excluding ortho intramolecular Hbond substituents is 2. The molecule has 0 saturated carbocycles. The summed E-state index contributed by atoms with van der Waals surface area (Å²) in [5.74, 6) is -0.391. The van der Waals surface area contributed by atoms with E-state index in [0.717, 1.165) is 19.4 Å². The minimum Gasteiger partial charge on any atom is -0.508 e. The van der Waals surface area contributed by atoms with Crippen molar-refractivity contribution in [3.63, 3.8) is 0 Å². The van der Waals surface area contributed by atoms with Gasteiger partial charge < -0.3 is 20.4 Å². The van der Waals surface area contributed by atoms with Gasteiger partial charge in [-0.15, -0.1) is 0 Å². The number of amides is 1. The second kappa shape index (κ2) is 5.27. The maximum absolute atomic E-state index is 12.3. The molecule has 5 heteroatoms. The molecular formula is C13H18N2O3. The lowest BCUT2D eigenvalue weighted by Gasteiger charge is -2.24. The van der Waals surface area contributed by atoms with E-state index >= 15 is 0 Å². The highest BCUT2D eigenvalue weighted by molar-refractivity contribution is 5.97. The lowest BCUT2D eigenvalue weighted by atomic mass is 10.1. The van der Waals surface area contributed by atoms with E-state index in [-0.39, 0.29) is 29.0 Å². The third-order valence-electron chi connectivity index (χ3n) is 3.29. The lowest BCUT2D eigenvalue weighted by molar-refractivity contribution is 0.0734. The standard InChI is InChI=1S/C13H18N2O3/c1-14-8-9-3-2-6-15(9)13(18)11-5-4-10(16)7-12(11)17/h4-5,7,9,14,16-17H,2-3,6,8H2,1H3. The molecule has 1 unspecified atom stereocenters. The van der Waals surface area contributed by atoms with Gasteiger partial charge in [0, 0.05) is 25.2 Å². The molecule has 0 aromatic heterocycles. The smallest absolute Gasteiger partial charge is 0.257 e. The Morgan fingerprint density at radius 2 is 2.28 bits per heavy atom. The molecule has 0 bridgehead atoms. The average Bonchev–Trinajstić information content (AvgIpc) is 2.77. The Hall–Kier alpha value is -1.75. The predicted octanol–water partition coefficient (Wildman–Crippen LogP) is 0.922. The molecule has 1 aromatic carbocycles. The molecule has 0 radical (unpaired) electrons. The zero-order chi connectivity index (χ0) is 13.1. The largest absolute Gasteiger partial charge is 0.508 e. The molecule has 0 spiro atoms. The Labute approximate surface area is 106 Å². The molecule has 1 aliphatic rings. The topological polar surface area (TPSA) is 72.8 Å². The molecule has 1 fully saturated rings. The van der Waals surface area contributed by atoms with E-state index in [4.69, 9.17) is 0 Å². The number of likely N-dealkylation sites (tertiary alicyclic amines) is 1. The number of carbonyl (C=O) groups excluding carboxylic acids is 1. The number of nitrogens with one attached hydrogen (secondary N) is 1. The summed E-state index contributed by atoms with van der Waals surface area (Å²) in [6.45, 7) is 1.47. The average molecular weight is 250 g/mol. The fourth-order valence-electron chi connectivity index (χ4n) is 2.41. The van der Waals surface area contributed by atoms with Crippen LogP contribution >= 0.6 is 0 Å². The maximum Gasteiger partial charge on any atom is 0.257 e. The number of likely N-dealkylation sites (N-methyl/N-ethyl adjacent to an activating group) is 1. The fourth-order valence-corrected chi connectivity index (χ4v) is 2.41. The van der Waals surface area contributed by atoms with E-state index < -0.39 is 0 Å². The first kappa shape index (κ1) is 12.7. The second-order valence-corrected chi connectivity index (χ2v) is 4.55. The summed E-state index contributed by atoms with van der Waals surface area (Å²) in [6, 6.07) is 4.24. The number of hydrogen-bond acceptors (Lipinski definition) is 4. The Kier molecular flexibility index (Phi) is 3.72. The van der Waals surface area contributed by atoms with Crippen LogP contribution in [0.1, 0.15) is 23.2 Å². The molecule has 1 aliphatic heterocycles. The lowest BCUT2D eigenvalue weighted by Crippen LogP contribution is -2.40. The summed E-state index contributed by atoms with van der Waals surface area (Å²) in [5, 5.41) is 22.0. The van der Waals surface area contributed by atoms with Crippen molar-refractivity contribution < 1.29 is 15.0 Å². The summed E-state index contributed by atoms with van der Waals surface area (Å²) in [5.41, 5.74) is 0.246. The summed E-state index contributed by atoms with van der Waals surface area (Å²) >= 11 is 0. The number of nitrogens with zero attached hydrogens (tertiary/aromatic N) is 1. The van der Waals surface area contributed by atoms with E-state index in [9.17, 15) is 15.0 Å². The Morgan fingerprint density at radius 3 is 2.94 bits per heavy atom. The highest BCUT2D eigenvalue weighted by Crippen LogP contribution is 2.27. The molecule has 3 N–H and O–H groups in total. The van der Waals surface area contributed by atoms with Gasteiger partial charge in [-0.25, -0.2) is 0 Å². The molecule has 1 saturated heterocycles. The number of benzene rings is 1. The fraction of sp³-hybridized carbons (Fsp3) is 0.462. The van der Waals surface area contributed by atoms with Crippen molar-refractivity contribution in [3.8, 4) is 11.5 Å². The minimum atomic E-state index is -0.176. The first-order valence-corrected chi connectivity index (χ1v) is 6.11. The van der Waals surface area contributed by atoms with Crippen molar-refractivity contribution in [1.29, 1.82) is 0 Å². The van der Waals surface area contributed by atoms with Gasteiger partial charge in [-0.3, -0.25) is 4.79 Å². The second-order valence-electron chi connectivity index (χ2n) is 4.55. The molecule has 5 nitrogen and oxygen atoms in total. The molecule has 1 aromatic rings. The van der Waals surface area contributed by atoms with Crippen LogP contribution in [-0.4, -0.2) is 47.2 Å². The molecule has 98 valence electrons. The van der Waals surface area contributed by atoms with Crippen LogP contribution in [-0.2, 0) is 0 Å². The minimum absolute atomic E-state index is 0.0442. The van der Waals surface area contributed by atoms with Crippen LogP contribution < -0.4 is 5.32 Å². The first-order valence-electron chi connectivity index (χ1n) is 6.11. The van der Waals surface area contributed by atoms with Crippen molar-refractivity contribution >= 4 is 5.91 Å². The van der Waals surface area contributed by atoms with Crippen LogP contribution in [0.5, 0.6) is 11.5 Å². The third kappa shape index (κ3) is 2.41. The number of aromatic hydroxyl groups is 2. The van der Waals surface area contributed by atoms with Gasteiger partial charge >= 0.3 is 0 Å². The van der Waals surface area contributed by atoms with Crippen LogP contribution in [0.4, 0.5) is 0 Å². The van der Waals surface area contributed by atoms with E-state index in [1.807, 2.05) is 7.05 Å². The molecule has 1 amide bonds. The monoisotopic (exact) mass is 250 g/mol. The summed E-state index contributed by atoms with van der Waals surface area (Å²) in [4.78, 5) is 14.1. The molecule has 18 heavy (non-hydrogen) atoms. The zero-order valence-corrected chi connectivity index (χ0v) is 10.4. The van der Waals surface area contributed by atoms with E-state index in [2.05, 4.69) is 5.32 Å². The maximum atomic E-state index is 12.3. The Balaban J connectivity index is 2.20. The Bertz CT molecular complexity index is 448. The van der Waals surface area contributed by atoms with Gasteiger partial charge in [0.2, 0.25) is 0 Å². The molecule has 1 heterocycles. The van der Waals surface area contributed by atoms with Gasteiger partial charge in [-0.2, -0.15) is 0 Å². The van der Waals surface area contributed by atoms with E-state index in [1.54, 1.807) is 4.90 Å². The van der Waals surface area contributed by atoms with Crippen molar-refractivity contribution in [2.45, 2.75) is 18.9 Å². The molecule has 0 aliphatic carbocycles. The van der Waals surface area contributed by atoms with Gasteiger partial charge in [0.25, 0.3) is 5.91 Å². The SMILES string of the molecule is CNCC1CCCN1C(=O)c1ccc(O)cc1O. The van der Waals surface area contributed by atoms with Crippen LogP contribution in [0.2, 0.25) is 0 Å².